The van der Waals surface area contributed by atoms with Gasteiger partial charge in [-0.15, -0.1) is 0 Å². The molecule has 0 nitrogen and oxygen atoms in total. The van der Waals surface area contributed by atoms with Gasteiger partial charge in [0.05, 0.1) is 0 Å². The Bertz CT molecular complexity index is 44.8. The molecule has 0 saturated heterocycles. The topological polar surface area (TPSA) is 0 Å². The lowest BCUT2D eigenvalue weighted by atomic mass is 11.9. The summed E-state index contributed by atoms with van der Waals surface area (Å²) < 4.78 is 10.5. The van der Waals surface area contributed by atoms with Crippen molar-refractivity contribution in [3.05, 3.63) is 0 Å². The number of hydrogen-bond donors (Lipinski definition) is 0. The largest absolute Gasteiger partial charge is 0.249 e. The van der Waals surface area contributed by atoms with Gasteiger partial charge < -0.3 is 0 Å². The summed E-state index contributed by atoms with van der Waals surface area (Å²) in [4.78, 5) is 1.76. The maximum absolute atomic E-state index is 10.5. The normalized spacial score (nSPS) is 3.50. The molecule has 0 atom stereocenters. The Morgan fingerprint density at radius 3 is 2.25 bits per heavy atom. The Labute approximate surface area is 30.8 Å². The monoisotopic (exact) mass is 93.9 g/mol. The van der Waals surface area contributed by atoms with Crippen molar-refractivity contribution in [3.63, 3.8) is 0 Å². The second-order valence-electron chi connectivity index (χ2n) is 0.189. The van der Waals surface area contributed by atoms with E-state index in [-0.39, 0.29) is 0 Å². The van der Waals surface area contributed by atoms with Crippen molar-refractivity contribution in [3.8, 4) is 4.96 Å². The Kier molecular flexibility index (Phi) is 3.39. The molecule has 4 heavy (non-hydrogen) atoms. The lowest BCUT2D eigenvalue weighted by Crippen LogP contribution is -1.34. The van der Waals surface area contributed by atoms with Gasteiger partial charge in [-0.2, -0.15) is 0 Å². The van der Waals surface area contributed by atoms with Gasteiger partial charge in [0.15, 0.2) is 0 Å². The molecule has 0 rings (SSSR count). The van der Waals surface area contributed by atoms with Crippen LogP contribution in [0.1, 0.15) is 0 Å². The molecule has 0 saturated carbocycles. The van der Waals surface area contributed by atoms with Crippen molar-refractivity contribution in [2.75, 3.05) is 0 Å². The highest BCUT2D eigenvalue weighted by Crippen LogP contribution is 1.53. The molecule has 0 aliphatic carbocycles. The van der Waals surface area contributed by atoms with E-state index in [1.54, 1.807) is 4.96 Å². The third kappa shape index (κ3) is 2.22. The molecule has 0 aliphatic rings. The van der Waals surface area contributed by atoms with Crippen LogP contribution in [0.15, 0.2) is 0 Å². The molecule has 0 spiro atoms. The molecular formula is CClFSi. The molecule has 0 aromatic heterocycles. The Morgan fingerprint density at radius 2 is 2.25 bits per heavy atom. The quantitative estimate of drug-likeness (QED) is 0.307. The smallest absolute Gasteiger partial charge is 0.219 e. The van der Waals surface area contributed by atoms with E-state index in [4.69, 9.17) is 0 Å². The summed E-state index contributed by atoms with van der Waals surface area (Å²) in [5.41, 5.74) is 0. The molecule has 0 unspecified atom stereocenters. The van der Waals surface area contributed by atoms with Gasteiger partial charge in [-0.05, 0) is 16.6 Å². The van der Waals surface area contributed by atoms with Gasteiger partial charge >= 0.3 is 0 Å². The van der Waals surface area contributed by atoms with E-state index in [1.807, 2.05) is 0 Å². The molecule has 0 aromatic rings. The summed E-state index contributed by atoms with van der Waals surface area (Å²) in [6.07, 6.45) is 0. The Morgan fingerprint density at radius 1 is 2.00 bits per heavy atom. The minimum Gasteiger partial charge on any atom is -0.219 e. The fourth-order valence-corrected chi connectivity index (χ4v) is 0. The standard InChI is InChI=1S/CClFSi/c2-1-4-3. The number of rotatable bonds is 0. The van der Waals surface area contributed by atoms with Crippen LogP contribution in [0.2, 0.25) is 0 Å². The van der Waals surface area contributed by atoms with Crippen molar-refractivity contribution < 1.29 is 4.11 Å². The minimum absolute atomic E-state index is 0.844. The summed E-state index contributed by atoms with van der Waals surface area (Å²) in [6, 6.07) is 0. The second kappa shape index (κ2) is 3.22. The van der Waals surface area contributed by atoms with Crippen molar-refractivity contribution in [2.45, 2.75) is 0 Å². The van der Waals surface area contributed by atoms with Crippen LogP contribution in [0.25, 0.3) is 0 Å². The summed E-state index contributed by atoms with van der Waals surface area (Å²) in [6.45, 7) is 0. The predicted octanol–water partition coefficient (Wildman–Crippen LogP) is 0.731. The van der Waals surface area contributed by atoms with Crippen molar-refractivity contribution in [1.29, 1.82) is 0 Å². The number of hydrogen-bond acceptors (Lipinski definition) is 0. The summed E-state index contributed by atoms with van der Waals surface area (Å²) in [5, 5.41) is 0. The molecule has 0 aromatic carbocycles. The van der Waals surface area contributed by atoms with E-state index >= 15 is 0 Å². The molecule has 0 N–H and O–H groups in total. The lowest BCUT2D eigenvalue weighted by Gasteiger charge is -1.31. The van der Waals surface area contributed by atoms with Crippen LogP contribution in [0.5, 0.6) is 0 Å². The highest BCUT2D eigenvalue weighted by atomic mass is 35.5. The van der Waals surface area contributed by atoms with Crippen molar-refractivity contribution in [2.24, 2.45) is 0 Å². The first-order valence-electron chi connectivity index (χ1n) is 0.628. The average Bonchev–Trinajstić information content (AvgIpc) is 1.37. The van der Waals surface area contributed by atoms with Crippen LogP contribution in [0.3, 0.4) is 0 Å². The zero-order valence-corrected chi connectivity index (χ0v) is 3.51. The van der Waals surface area contributed by atoms with E-state index in [0.29, 0.717) is 0 Å². The zero-order valence-electron chi connectivity index (χ0n) is 1.76. The van der Waals surface area contributed by atoms with Gasteiger partial charge in [0.2, 0.25) is 9.29 Å². The van der Waals surface area contributed by atoms with E-state index in [1.165, 1.54) is 0 Å². The first-order chi connectivity index (χ1) is 1.91. The Hall–Kier alpha value is 0.217. The first-order valence-corrected chi connectivity index (χ1v) is 1.88. The molecule has 22 valence electrons. The Balaban J connectivity index is 2.83. The fraction of sp³-hybridized carbons (Fsp3) is 0. The summed E-state index contributed by atoms with van der Waals surface area (Å²) in [5.74, 6) is 0. The molecule has 0 aliphatic heterocycles. The summed E-state index contributed by atoms with van der Waals surface area (Å²) >= 11 is 4.57. The van der Waals surface area contributed by atoms with Gasteiger partial charge in [-0.1, -0.05) is 0 Å². The van der Waals surface area contributed by atoms with E-state index < -0.39 is 9.29 Å². The highest BCUT2D eigenvalue weighted by Gasteiger charge is 1.38. The van der Waals surface area contributed by atoms with Crippen LogP contribution in [-0.4, -0.2) is 9.29 Å². The average molecular weight is 94.5 g/mol. The van der Waals surface area contributed by atoms with Gasteiger partial charge in [0.25, 0.3) is 0 Å². The SMILES string of the molecule is F[Si]#CCl. The molecule has 0 fully saturated rings. The van der Waals surface area contributed by atoms with E-state index in [9.17, 15) is 4.11 Å². The number of halogens is 2. The lowest BCUT2D eigenvalue weighted by molar-refractivity contribution is 0.897. The predicted molar refractivity (Wildman–Crippen MR) is 16.6 cm³/mol. The maximum Gasteiger partial charge on any atom is 0.249 e. The van der Waals surface area contributed by atoms with Crippen LogP contribution in [0.4, 0.5) is 4.11 Å². The third-order valence-electron chi connectivity index (χ3n) is 0.0357. The van der Waals surface area contributed by atoms with Gasteiger partial charge in [-0.3, -0.25) is 0 Å². The van der Waals surface area contributed by atoms with Crippen molar-refractivity contribution in [1.82, 2.24) is 0 Å². The van der Waals surface area contributed by atoms with Crippen molar-refractivity contribution >= 4 is 20.9 Å². The molecule has 3 heteroatoms. The molecule has 0 amide bonds. The van der Waals surface area contributed by atoms with E-state index in [2.05, 4.69) is 11.6 Å². The molecule has 0 radical (unpaired) electrons. The second-order valence-corrected chi connectivity index (χ2v) is 1.13. The maximum atomic E-state index is 10.5. The summed E-state index contributed by atoms with van der Waals surface area (Å²) in [7, 11) is -0.844. The third-order valence-corrected chi connectivity index (χ3v) is 0.321. The fourth-order valence-electron chi connectivity index (χ4n) is 0. The zero-order chi connectivity index (χ0) is 3.41. The van der Waals surface area contributed by atoms with Crippen LogP contribution < -0.4 is 0 Å². The highest BCUT2D eigenvalue weighted by molar-refractivity contribution is 6.41. The van der Waals surface area contributed by atoms with E-state index in [0.717, 1.165) is 0 Å². The van der Waals surface area contributed by atoms with Crippen LogP contribution in [0, 0.1) is 4.96 Å². The minimum atomic E-state index is -0.844. The molecule has 0 heterocycles. The van der Waals surface area contributed by atoms with Crippen LogP contribution >= 0.6 is 11.6 Å². The van der Waals surface area contributed by atoms with Gasteiger partial charge in [-0.25, -0.2) is 4.11 Å². The first kappa shape index (κ1) is 4.22. The van der Waals surface area contributed by atoms with Crippen LogP contribution in [-0.2, 0) is 0 Å². The van der Waals surface area contributed by atoms with Gasteiger partial charge in [0.1, 0.15) is 0 Å². The molecular weight excluding hydrogens is 94.5 g/mol. The molecule has 0 bridgehead atoms. The van der Waals surface area contributed by atoms with Gasteiger partial charge in [0, 0.05) is 0 Å².